The monoisotopic (exact) mass is 646 g/mol. The highest BCUT2D eigenvalue weighted by molar-refractivity contribution is 7.43. The summed E-state index contributed by atoms with van der Waals surface area (Å²) in [6.45, 7) is 29.9. The average Bonchev–Trinajstić information content (AvgIpc) is 2.20. The Bertz CT molecular complexity index is 596. The van der Waals surface area contributed by atoms with Gasteiger partial charge >= 0.3 is 58.3 Å². The molecule has 0 saturated carbocycles. The van der Waals surface area contributed by atoms with E-state index in [1.54, 1.807) is 6.55 Å². The summed E-state index contributed by atoms with van der Waals surface area (Å²) in [7, 11) is -16.8. The van der Waals surface area contributed by atoms with Gasteiger partial charge in [0, 0.05) is 0 Å². The Morgan fingerprint density at radius 3 is 0.667 bits per heavy atom. The van der Waals surface area contributed by atoms with E-state index in [0.717, 1.165) is 0 Å². The van der Waals surface area contributed by atoms with E-state index in [1.807, 2.05) is 52.4 Å². The van der Waals surface area contributed by atoms with E-state index in [2.05, 4.69) is 45.8 Å². The van der Waals surface area contributed by atoms with Crippen molar-refractivity contribution in [3.63, 3.8) is 0 Å². The Balaban J connectivity index is 5.27. The minimum Gasteiger partial charge on any atom is -0.437 e. The van der Waals surface area contributed by atoms with Crippen molar-refractivity contribution in [2.45, 2.75) is 105 Å². The molecule has 0 aliphatic carbocycles. The predicted octanol–water partition coefficient (Wildman–Crippen LogP) is 7.19. The van der Waals surface area contributed by atoms with Crippen molar-refractivity contribution in [2.24, 2.45) is 0 Å². The molecule has 0 fully saturated rings. The van der Waals surface area contributed by atoms with Crippen molar-refractivity contribution >= 4 is 88.8 Å². The maximum absolute atomic E-state index is 6.59. The van der Waals surface area contributed by atoms with E-state index in [9.17, 15) is 0 Å². The molecule has 0 atom stereocenters. The SMILES string of the molecule is C[Si](C)(C)O[Si](C)(C)O[Si](C)(C)O[Si](C)(C)O[Si](C)(C)O[Si](C)(C)O[Si](C)(C)O[Si](C)(Cl)Cl. The predicted molar refractivity (Wildman–Crippen MR) is 159 cm³/mol. The second-order valence-electron chi connectivity index (χ2n) is 12.0. The molecule has 0 aliphatic heterocycles. The molecular weight excluding hydrogens is 600 g/mol. The molecule has 33 heavy (non-hydrogen) atoms. The van der Waals surface area contributed by atoms with E-state index >= 15 is 0 Å². The lowest BCUT2D eigenvalue weighted by Gasteiger charge is -2.43. The smallest absolute Gasteiger partial charge is 0.377 e. The molecule has 17 heteroatoms. The molecule has 0 amide bonds. The van der Waals surface area contributed by atoms with Crippen molar-refractivity contribution in [2.75, 3.05) is 0 Å². The third-order valence-corrected chi connectivity index (χ3v) is 32.3. The molecule has 0 heterocycles. The maximum Gasteiger partial charge on any atom is 0.377 e. The highest BCUT2D eigenvalue weighted by Crippen LogP contribution is 2.30. The zero-order valence-corrected chi connectivity index (χ0v) is 33.1. The first-order valence-corrected chi connectivity index (χ1v) is 36.0. The molecule has 0 saturated heterocycles. The second kappa shape index (κ2) is 11.4. The van der Waals surface area contributed by atoms with Crippen LogP contribution in [0.4, 0.5) is 0 Å². The normalized spacial score (nSPS) is 15.8. The Hall–Kier alpha value is 2.04. The molecule has 0 unspecified atom stereocenters. The van der Waals surface area contributed by atoms with Gasteiger partial charge in [0.15, 0.2) is 8.32 Å². The van der Waals surface area contributed by atoms with Crippen LogP contribution in [0, 0.1) is 0 Å². The van der Waals surface area contributed by atoms with Crippen molar-refractivity contribution in [3.8, 4) is 0 Å². The van der Waals surface area contributed by atoms with Crippen molar-refractivity contribution in [1.29, 1.82) is 0 Å². The van der Waals surface area contributed by atoms with E-state index in [0.29, 0.717) is 0 Å². The zero-order chi connectivity index (χ0) is 26.9. The van der Waals surface area contributed by atoms with E-state index in [4.69, 9.17) is 51.0 Å². The summed E-state index contributed by atoms with van der Waals surface area (Å²) in [6.07, 6.45) is 0. The molecule has 7 nitrogen and oxygen atoms in total. The fraction of sp³-hybridized carbons (Fsp3) is 1.00. The summed E-state index contributed by atoms with van der Waals surface area (Å²) in [4.78, 5) is 0. The molecule has 0 bridgehead atoms. The first-order valence-electron chi connectivity index (χ1n) is 11.2. The van der Waals surface area contributed by atoms with Crippen LogP contribution in [0.3, 0.4) is 0 Å². The van der Waals surface area contributed by atoms with Crippen LogP contribution in [-0.4, -0.2) is 66.6 Å². The summed E-state index contributed by atoms with van der Waals surface area (Å²) < 4.78 is 44.8. The lowest BCUT2D eigenvalue weighted by atomic mass is 11.8. The average molecular weight is 648 g/mol. The van der Waals surface area contributed by atoms with Gasteiger partial charge in [-0.1, -0.05) is 0 Å². The first-order chi connectivity index (χ1) is 13.9. The van der Waals surface area contributed by atoms with Crippen LogP contribution < -0.4 is 0 Å². The van der Waals surface area contributed by atoms with Crippen LogP contribution in [0.25, 0.3) is 0 Å². The summed E-state index contributed by atoms with van der Waals surface area (Å²) >= 11 is 12.4. The van der Waals surface area contributed by atoms with Crippen molar-refractivity contribution in [1.82, 2.24) is 0 Å². The molecule has 0 rings (SSSR count). The molecule has 0 aromatic carbocycles. The number of rotatable bonds is 14. The molecule has 0 N–H and O–H groups in total. The molecule has 200 valence electrons. The van der Waals surface area contributed by atoms with Gasteiger partial charge in [-0.15, -0.1) is 22.2 Å². The van der Waals surface area contributed by atoms with Gasteiger partial charge in [-0.3, -0.25) is 0 Å². The fourth-order valence-electron chi connectivity index (χ4n) is 4.25. The van der Waals surface area contributed by atoms with Gasteiger partial charge in [0.2, 0.25) is 0 Å². The van der Waals surface area contributed by atoms with Gasteiger partial charge < -0.3 is 28.8 Å². The van der Waals surface area contributed by atoms with Gasteiger partial charge in [0.25, 0.3) is 0 Å². The quantitative estimate of drug-likeness (QED) is 0.146. The number of hydrogen-bond donors (Lipinski definition) is 0. The second-order valence-corrected chi connectivity index (χ2v) is 45.3. The number of hydrogen-bond acceptors (Lipinski definition) is 7. The third-order valence-electron chi connectivity index (χ3n) is 3.43. The summed E-state index contributed by atoms with van der Waals surface area (Å²) in [5.74, 6) is 0. The molecular formula is C16H48Cl2O7Si8. The Kier molecular flexibility index (Phi) is 12.1. The topological polar surface area (TPSA) is 64.6 Å². The van der Waals surface area contributed by atoms with E-state index in [1.165, 1.54) is 0 Å². The van der Waals surface area contributed by atoms with E-state index in [-0.39, 0.29) is 0 Å². The molecule has 0 spiro atoms. The minimum absolute atomic E-state index is 1.71. The van der Waals surface area contributed by atoms with Crippen LogP contribution in [0.2, 0.25) is 105 Å². The largest absolute Gasteiger partial charge is 0.437 e. The molecule has 0 aromatic rings. The molecule has 0 radical (unpaired) electrons. The zero-order valence-electron chi connectivity index (χ0n) is 23.6. The van der Waals surface area contributed by atoms with Crippen molar-refractivity contribution < 1.29 is 28.8 Å². The van der Waals surface area contributed by atoms with Crippen LogP contribution in [-0.2, 0) is 28.8 Å². The summed E-state index contributed by atoms with van der Waals surface area (Å²) in [5, 5.41) is 0. The number of halogens is 2. The van der Waals surface area contributed by atoms with Gasteiger partial charge in [-0.2, -0.15) is 0 Å². The molecule has 0 aromatic heterocycles. The standard InChI is InChI=1S/C16H48Cl2O7Si8/c1-26(2,3)19-27(4,5)20-28(6,7)21-29(8,9)22-30(10,11)23-31(12,13)24-32(14,15)25-33(16,17)18/h1-16H3. The molecule has 0 aliphatic rings. The third kappa shape index (κ3) is 18.0. The van der Waals surface area contributed by atoms with Crippen LogP contribution >= 0.6 is 22.2 Å². The van der Waals surface area contributed by atoms with Gasteiger partial charge in [0.05, 0.1) is 0 Å². The fourth-order valence-corrected chi connectivity index (χ4v) is 43.9. The van der Waals surface area contributed by atoms with Gasteiger partial charge in [-0.25, -0.2) is 0 Å². The maximum atomic E-state index is 6.59. The van der Waals surface area contributed by atoms with Gasteiger partial charge in [0.1, 0.15) is 0 Å². The Morgan fingerprint density at radius 2 is 0.485 bits per heavy atom. The highest BCUT2D eigenvalue weighted by atomic mass is 35.7. The lowest BCUT2D eigenvalue weighted by molar-refractivity contribution is 0.266. The minimum atomic E-state index is -2.75. The summed E-state index contributed by atoms with van der Waals surface area (Å²) in [5.41, 5.74) is 0. The summed E-state index contributed by atoms with van der Waals surface area (Å²) in [6, 6.07) is 0. The Labute approximate surface area is 221 Å². The highest BCUT2D eigenvalue weighted by Gasteiger charge is 2.49. The van der Waals surface area contributed by atoms with Gasteiger partial charge in [-0.05, 0) is 105 Å². The Morgan fingerprint density at radius 1 is 0.303 bits per heavy atom. The van der Waals surface area contributed by atoms with Crippen LogP contribution in [0.5, 0.6) is 0 Å². The van der Waals surface area contributed by atoms with E-state index < -0.39 is 66.6 Å². The first kappa shape index (κ1) is 35.0. The van der Waals surface area contributed by atoms with Crippen LogP contribution in [0.15, 0.2) is 0 Å². The lowest BCUT2D eigenvalue weighted by Crippen LogP contribution is -2.61. The van der Waals surface area contributed by atoms with Crippen LogP contribution in [0.1, 0.15) is 0 Å². The van der Waals surface area contributed by atoms with Crippen molar-refractivity contribution in [3.05, 3.63) is 0 Å².